The van der Waals surface area contributed by atoms with Crippen molar-refractivity contribution in [2.24, 2.45) is 5.41 Å². The number of hydrogen-bond acceptors (Lipinski definition) is 2. The van der Waals surface area contributed by atoms with Crippen LogP contribution in [0.5, 0.6) is 0 Å². The molecule has 0 aliphatic heterocycles. The molecular weight excluding hydrogens is 243 g/mol. The molecule has 0 heterocycles. The molecule has 1 aliphatic carbocycles. The smallest absolute Gasteiger partial charge is 0.0652 e. The van der Waals surface area contributed by atoms with Crippen LogP contribution in [-0.4, -0.2) is 6.54 Å². The summed E-state index contributed by atoms with van der Waals surface area (Å²) in [6, 6.07) is 7.63. The van der Waals surface area contributed by atoms with Gasteiger partial charge in [0, 0.05) is 23.4 Å². The molecule has 0 atom stereocenters. The molecule has 1 aliphatic rings. The summed E-state index contributed by atoms with van der Waals surface area (Å²) in [7, 11) is 0. The molecule has 84 valence electrons. The fourth-order valence-corrected chi connectivity index (χ4v) is 2.15. The van der Waals surface area contributed by atoms with E-state index in [1.54, 1.807) is 12.1 Å². The van der Waals surface area contributed by atoms with E-state index in [1.807, 2.05) is 6.07 Å². The van der Waals surface area contributed by atoms with Gasteiger partial charge in [0.15, 0.2) is 0 Å². The molecule has 1 aromatic rings. The zero-order valence-electron chi connectivity index (χ0n) is 8.76. The van der Waals surface area contributed by atoms with Crippen molar-refractivity contribution in [2.45, 2.75) is 19.3 Å². The Morgan fingerprint density at radius 2 is 2.12 bits per heavy atom. The van der Waals surface area contributed by atoms with Crippen molar-refractivity contribution in [3.63, 3.8) is 0 Å². The molecule has 1 fully saturated rings. The number of benzene rings is 1. The second-order valence-corrected chi connectivity index (χ2v) is 5.16. The minimum Gasteiger partial charge on any atom is -0.383 e. The fourth-order valence-electron chi connectivity index (χ4n) is 1.68. The normalized spacial score (nSPS) is 16.6. The van der Waals surface area contributed by atoms with Gasteiger partial charge in [-0.2, -0.15) is 5.26 Å². The Morgan fingerprint density at radius 1 is 1.38 bits per heavy atom. The minimum absolute atomic E-state index is 0.178. The zero-order chi connectivity index (χ0) is 11.6. The van der Waals surface area contributed by atoms with Crippen molar-refractivity contribution in [2.75, 3.05) is 11.9 Å². The third-order valence-electron chi connectivity index (χ3n) is 3.00. The lowest BCUT2D eigenvalue weighted by molar-refractivity contribution is 0.557. The van der Waals surface area contributed by atoms with Gasteiger partial charge >= 0.3 is 0 Å². The van der Waals surface area contributed by atoms with Crippen LogP contribution in [0.25, 0.3) is 0 Å². The molecular formula is C12H12Cl2N2. The van der Waals surface area contributed by atoms with Gasteiger partial charge in [-0.15, -0.1) is 0 Å². The third kappa shape index (κ3) is 2.61. The van der Waals surface area contributed by atoms with Crippen LogP contribution >= 0.6 is 23.2 Å². The van der Waals surface area contributed by atoms with Crippen molar-refractivity contribution in [3.8, 4) is 6.07 Å². The summed E-state index contributed by atoms with van der Waals surface area (Å²) in [5, 5.41) is 13.3. The number of nitriles is 1. The number of nitrogens with one attached hydrogen (secondary N) is 1. The molecule has 1 N–H and O–H groups in total. The van der Waals surface area contributed by atoms with Crippen LogP contribution in [0.15, 0.2) is 18.2 Å². The Labute approximate surface area is 105 Å². The van der Waals surface area contributed by atoms with Crippen molar-refractivity contribution < 1.29 is 0 Å². The fraction of sp³-hybridized carbons (Fsp3) is 0.417. The van der Waals surface area contributed by atoms with Crippen molar-refractivity contribution in [1.29, 1.82) is 5.26 Å². The van der Waals surface area contributed by atoms with E-state index in [4.69, 9.17) is 28.5 Å². The number of halogens is 2. The lowest BCUT2D eigenvalue weighted by atomic mass is 10.0. The SMILES string of the molecule is N#CCC1(CNc2ccc(Cl)cc2Cl)CC1. The molecule has 0 unspecified atom stereocenters. The summed E-state index contributed by atoms with van der Waals surface area (Å²) in [5.41, 5.74) is 1.06. The number of hydrogen-bond donors (Lipinski definition) is 1. The first kappa shape index (κ1) is 11.6. The average Bonchev–Trinajstić information content (AvgIpc) is 2.98. The number of rotatable bonds is 4. The predicted octanol–water partition coefficient (Wildman–Crippen LogP) is 4.10. The van der Waals surface area contributed by atoms with E-state index in [1.165, 1.54) is 0 Å². The van der Waals surface area contributed by atoms with Gasteiger partial charge in [0.1, 0.15) is 0 Å². The summed E-state index contributed by atoms with van der Waals surface area (Å²) >= 11 is 11.9. The first-order valence-corrected chi connectivity index (χ1v) is 5.97. The summed E-state index contributed by atoms with van der Waals surface area (Å²) in [5.74, 6) is 0. The molecule has 0 amide bonds. The summed E-state index contributed by atoms with van der Waals surface area (Å²) in [6.07, 6.45) is 2.86. The molecule has 2 rings (SSSR count). The lowest BCUT2D eigenvalue weighted by Gasteiger charge is -2.14. The van der Waals surface area contributed by atoms with Crippen LogP contribution < -0.4 is 5.32 Å². The highest BCUT2D eigenvalue weighted by atomic mass is 35.5. The quantitative estimate of drug-likeness (QED) is 0.879. The molecule has 1 saturated carbocycles. The lowest BCUT2D eigenvalue weighted by Crippen LogP contribution is -2.14. The van der Waals surface area contributed by atoms with Gasteiger partial charge in [-0.05, 0) is 31.0 Å². The van der Waals surface area contributed by atoms with E-state index in [0.717, 1.165) is 25.1 Å². The van der Waals surface area contributed by atoms with Crippen LogP contribution in [0, 0.1) is 16.7 Å². The maximum atomic E-state index is 8.71. The Bertz CT molecular complexity index is 433. The molecule has 2 nitrogen and oxygen atoms in total. The van der Waals surface area contributed by atoms with E-state index < -0.39 is 0 Å². The molecule has 4 heteroatoms. The van der Waals surface area contributed by atoms with Gasteiger partial charge in [-0.3, -0.25) is 0 Å². The van der Waals surface area contributed by atoms with Crippen LogP contribution in [0.2, 0.25) is 10.0 Å². The van der Waals surface area contributed by atoms with Gasteiger partial charge in [0.05, 0.1) is 16.8 Å². The number of nitrogens with zero attached hydrogens (tertiary/aromatic N) is 1. The van der Waals surface area contributed by atoms with Gasteiger partial charge in [-0.1, -0.05) is 23.2 Å². The summed E-state index contributed by atoms with van der Waals surface area (Å²) in [6.45, 7) is 0.807. The van der Waals surface area contributed by atoms with E-state index in [-0.39, 0.29) is 5.41 Å². The molecule has 16 heavy (non-hydrogen) atoms. The Balaban J connectivity index is 1.98. The maximum Gasteiger partial charge on any atom is 0.0652 e. The van der Waals surface area contributed by atoms with Crippen molar-refractivity contribution in [1.82, 2.24) is 0 Å². The molecule has 0 saturated heterocycles. The molecule has 0 spiro atoms. The second-order valence-electron chi connectivity index (χ2n) is 4.31. The monoisotopic (exact) mass is 254 g/mol. The van der Waals surface area contributed by atoms with Gasteiger partial charge in [0.2, 0.25) is 0 Å². The standard InChI is InChI=1S/C12H12Cl2N2/c13-9-1-2-11(10(14)7-9)16-8-12(3-4-12)5-6-15/h1-2,7,16H,3-5,8H2. The van der Waals surface area contributed by atoms with Crippen LogP contribution in [0.1, 0.15) is 19.3 Å². The largest absolute Gasteiger partial charge is 0.383 e. The number of anilines is 1. The highest BCUT2D eigenvalue weighted by molar-refractivity contribution is 6.36. The third-order valence-corrected chi connectivity index (χ3v) is 3.54. The first-order chi connectivity index (χ1) is 7.65. The highest BCUT2D eigenvalue weighted by Gasteiger charge is 2.42. The van der Waals surface area contributed by atoms with Gasteiger partial charge < -0.3 is 5.32 Å². The Hall–Kier alpha value is -0.910. The van der Waals surface area contributed by atoms with Gasteiger partial charge in [0.25, 0.3) is 0 Å². The second kappa shape index (κ2) is 4.53. The zero-order valence-corrected chi connectivity index (χ0v) is 10.3. The van der Waals surface area contributed by atoms with Crippen molar-refractivity contribution >= 4 is 28.9 Å². The van der Waals surface area contributed by atoms with Crippen LogP contribution in [0.4, 0.5) is 5.69 Å². The summed E-state index contributed by atoms with van der Waals surface area (Å²) < 4.78 is 0. The highest BCUT2D eigenvalue weighted by Crippen LogP contribution is 2.48. The van der Waals surface area contributed by atoms with Crippen molar-refractivity contribution in [3.05, 3.63) is 28.2 Å². The van der Waals surface area contributed by atoms with Crippen LogP contribution in [-0.2, 0) is 0 Å². The van der Waals surface area contributed by atoms with E-state index >= 15 is 0 Å². The average molecular weight is 255 g/mol. The van der Waals surface area contributed by atoms with E-state index in [0.29, 0.717) is 16.5 Å². The minimum atomic E-state index is 0.178. The van der Waals surface area contributed by atoms with E-state index in [9.17, 15) is 0 Å². The molecule has 0 radical (unpaired) electrons. The predicted molar refractivity (Wildman–Crippen MR) is 66.8 cm³/mol. The molecule has 0 aromatic heterocycles. The van der Waals surface area contributed by atoms with Gasteiger partial charge in [-0.25, -0.2) is 0 Å². The Kier molecular flexibility index (Phi) is 3.28. The first-order valence-electron chi connectivity index (χ1n) is 5.21. The van der Waals surface area contributed by atoms with E-state index in [2.05, 4.69) is 11.4 Å². The van der Waals surface area contributed by atoms with Crippen LogP contribution in [0.3, 0.4) is 0 Å². The topological polar surface area (TPSA) is 35.8 Å². The molecule has 0 bridgehead atoms. The summed E-state index contributed by atoms with van der Waals surface area (Å²) in [4.78, 5) is 0. The Morgan fingerprint density at radius 3 is 2.69 bits per heavy atom. The molecule has 1 aromatic carbocycles. The maximum absolute atomic E-state index is 8.71.